The molecule has 0 fully saturated rings. The molecule has 6 nitrogen and oxygen atoms in total. The maximum atomic E-state index is 9.47. The Kier molecular flexibility index (Phi) is 22.9. The summed E-state index contributed by atoms with van der Waals surface area (Å²) in [6.07, 6.45) is 16.6. The first-order chi connectivity index (χ1) is 12.5. The van der Waals surface area contributed by atoms with Gasteiger partial charge in [0, 0.05) is 0 Å². The van der Waals surface area contributed by atoms with Gasteiger partial charge in [-0.1, -0.05) is 70.4 Å². The second kappa shape index (κ2) is 21.9. The van der Waals surface area contributed by atoms with Crippen LogP contribution in [0.3, 0.4) is 0 Å². The van der Waals surface area contributed by atoms with Gasteiger partial charge in [0.1, 0.15) is 6.10 Å². The highest BCUT2D eigenvalue weighted by Gasteiger charge is 2.13. The van der Waals surface area contributed by atoms with E-state index in [1.54, 1.807) is 0 Å². The van der Waals surface area contributed by atoms with Gasteiger partial charge in [0.05, 0.1) is 12.7 Å². The van der Waals surface area contributed by atoms with Crippen LogP contribution >= 0.6 is 0 Å². The lowest BCUT2D eigenvalue weighted by Gasteiger charge is -2.14. The molecule has 6 heteroatoms. The van der Waals surface area contributed by atoms with Crippen LogP contribution in [0.25, 0.3) is 0 Å². The molecule has 156 valence electrons. The Morgan fingerprint density at radius 2 is 1.19 bits per heavy atom. The lowest BCUT2D eigenvalue weighted by Crippen LogP contribution is -2.28. The van der Waals surface area contributed by atoms with Crippen molar-refractivity contribution in [2.45, 2.75) is 103 Å². The van der Waals surface area contributed by atoms with Crippen LogP contribution < -0.4 is 0 Å². The summed E-state index contributed by atoms with van der Waals surface area (Å²) in [4.78, 5) is 8.56. The van der Waals surface area contributed by atoms with Gasteiger partial charge in [-0.3, -0.25) is 0 Å². The van der Waals surface area contributed by atoms with Gasteiger partial charge in [-0.2, -0.15) is 0 Å². The molecule has 0 aliphatic heterocycles. The number of carboxylic acid groups (broad SMARTS) is 2. The van der Waals surface area contributed by atoms with Crippen LogP contribution in [-0.4, -0.2) is 50.5 Å². The van der Waals surface area contributed by atoms with Gasteiger partial charge in [-0.05, 0) is 32.1 Å². The quantitative estimate of drug-likeness (QED) is 0.199. The topological polar surface area (TPSA) is 118 Å². The Labute approximate surface area is 158 Å². The molecule has 5 N–H and O–H groups in total. The van der Waals surface area contributed by atoms with Crippen LogP contribution in [0, 0.1) is 0 Å². The van der Waals surface area contributed by atoms with Gasteiger partial charge in [0.2, 0.25) is 0 Å². The zero-order chi connectivity index (χ0) is 20.0. The monoisotopic (exact) mass is 376 g/mol. The average molecular weight is 377 g/mol. The van der Waals surface area contributed by atoms with Crippen LogP contribution in [0.4, 0.5) is 4.79 Å². The van der Waals surface area contributed by atoms with E-state index in [2.05, 4.69) is 19.1 Å². The van der Waals surface area contributed by atoms with E-state index in [4.69, 9.17) is 20.1 Å². The van der Waals surface area contributed by atoms with Crippen LogP contribution in [-0.2, 0) is 0 Å². The third-order valence-corrected chi connectivity index (χ3v) is 4.14. The molecule has 0 amide bonds. The van der Waals surface area contributed by atoms with Crippen LogP contribution in [0.15, 0.2) is 12.2 Å². The molecule has 0 aromatic carbocycles. The maximum absolute atomic E-state index is 9.47. The number of rotatable bonds is 16. The molecular formula is C20H40O6. The molecule has 2 unspecified atom stereocenters. The van der Waals surface area contributed by atoms with E-state index in [-0.39, 0.29) is 6.61 Å². The minimum absolute atomic E-state index is 0.365. The van der Waals surface area contributed by atoms with Crippen molar-refractivity contribution in [3.63, 3.8) is 0 Å². The predicted molar refractivity (Wildman–Crippen MR) is 105 cm³/mol. The fourth-order valence-electron chi connectivity index (χ4n) is 2.57. The Balaban J connectivity index is 0. The second-order valence-electron chi connectivity index (χ2n) is 6.62. The van der Waals surface area contributed by atoms with Crippen molar-refractivity contribution >= 4 is 6.16 Å². The highest BCUT2D eigenvalue weighted by Crippen LogP contribution is 2.11. The van der Waals surface area contributed by atoms with Crippen LogP contribution in [0.5, 0.6) is 0 Å². The van der Waals surface area contributed by atoms with Crippen molar-refractivity contribution in [1.29, 1.82) is 0 Å². The van der Waals surface area contributed by atoms with E-state index in [1.165, 1.54) is 57.8 Å². The summed E-state index contributed by atoms with van der Waals surface area (Å²) in [7, 11) is 0. The molecule has 0 bridgehead atoms. The van der Waals surface area contributed by atoms with Crippen LogP contribution in [0.1, 0.15) is 90.4 Å². The lowest BCUT2D eigenvalue weighted by atomic mass is 10.1. The molecule has 0 aromatic rings. The number of carbonyl (C=O) groups is 1. The molecule has 0 rings (SSSR count). The van der Waals surface area contributed by atoms with E-state index in [1.807, 2.05) is 0 Å². The van der Waals surface area contributed by atoms with Gasteiger partial charge in [-0.15, -0.1) is 0 Å². The fraction of sp³-hybridized carbons (Fsp3) is 0.850. The SMILES string of the molecule is CCCCCCCCCCCC=CCCCC(O)C(O)CO.O=C(O)O. The van der Waals surface area contributed by atoms with E-state index in [0.29, 0.717) is 6.42 Å². The van der Waals surface area contributed by atoms with Crippen molar-refractivity contribution in [1.82, 2.24) is 0 Å². The first-order valence-corrected chi connectivity index (χ1v) is 9.99. The van der Waals surface area contributed by atoms with Crippen molar-refractivity contribution < 1.29 is 30.3 Å². The first-order valence-electron chi connectivity index (χ1n) is 9.99. The van der Waals surface area contributed by atoms with E-state index in [0.717, 1.165) is 19.3 Å². The lowest BCUT2D eigenvalue weighted by molar-refractivity contribution is -0.0181. The molecule has 0 aliphatic rings. The van der Waals surface area contributed by atoms with Gasteiger partial charge < -0.3 is 25.5 Å². The molecule has 0 aliphatic carbocycles. The largest absolute Gasteiger partial charge is 0.503 e. The highest BCUT2D eigenvalue weighted by molar-refractivity contribution is 5.53. The normalized spacial score (nSPS) is 13.2. The number of hydrogen-bond acceptors (Lipinski definition) is 4. The van der Waals surface area contributed by atoms with Crippen molar-refractivity contribution in [3.8, 4) is 0 Å². The Morgan fingerprint density at radius 1 is 0.769 bits per heavy atom. The third kappa shape index (κ3) is 25.1. The van der Waals surface area contributed by atoms with Crippen molar-refractivity contribution in [2.75, 3.05) is 6.61 Å². The standard InChI is InChI=1S/C19H38O3.CH2O3/c1-2-3-4-5-6-7-8-9-10-11-12-13-14-15-16-18(21)19(22)17-20;2-1(3)4/h12-13,18-22H,2-11,14-17H2,1H3;(H2,2,3,4). The molecular weight excluding hydrogens is 336 g/mol. The summed E-state index contributed by atoms with van der Waals surface area (Å²) in [6.45, 7) is 1.89. The van der Waals surface area contributed by atoms with E-state index < -0.39 is 18.4 Å². The first kappa shape index (κ1) is 27.1. The average Bonchev–Trinajstić information content (AvgIpc) is 2.60. The van der Waals surface area contributed by atoms with E-state index >= 15 is 0 Å². The van der Waals surface area contributed by atoms with Crippen molar-refractivity contribution in [2.24, 2.45) is 0 Å². The highest BCUT2D eigenvalue weighted by atomic mass is 16.6. The van der Waals surface area contributed by atoms with Gasteiger partial charge in [0.25, 0.3) is 0 Å². The summed E-state index contributed by atoms with van der Waals surface area (Å²) < 4.78 is 0. The number of hydrogen-bond donors (Lipinski definition) is 5. The molecule has 0 heterocycles. The second-order valence-corrected chi connectivity index (χ2v) is 6.62. The summed E-state index contributed by atoms with van der Waals surface area (Å²) in [5, 5.41) is 41.3. The maximum Gasteiger partial charge on any atom is 0.503 e. The molecule has 0 saturated carbocycles. The van der Waals surface area contributed by atoms with E-state index in [9.17, 15) is 10.2 Å². The zero-order valence-corrected chi connectivity index (χ0v) is 16.4. The molecule has 0 aromatic heterocycles. The summed E-state index contributed by atoms with van der Waals surface area (Å²) in [5.41, 5.74) is 0. The van der Waals surface area contributed by atoms with Gasteiger partial charge >= 0.3 is 6.16 Å². The number of allylic oxidation sites excluding steroid dienone is 2. The smallest absolute Gasteiger partial charge is 0.450 e. The zero-order valence-electron chi connectivity index (χ0n) is 16.4. The summed E-state index contributed by atoms with van der Waals surface area (Å²) in [6, 6.07) is 0. The molecule has 2 atom stereocenters. The number of aliphatic hydroxyl groups excluding tert-OH is 3. The molecule has 26 heavy (non-hydrogen) atoms. The Hall–Kier alpha value is -1.11. The fourth-order valence-corrected chi connectivity index (χ4v) is 2.57. The molecule has 0 saturated heterocycles. The number of unbranched alkanes of at least 4 members (excludes halogenated alkanes) is 10. The molecule has 0 radical (unpaired) electrons. The molecule has 0 spiro atoms. The summed E-state index contributed by atoms with van der Waals surface area (Å²) in [5.74, 6) is 0. The van der Waals surface area contributed by atoms with Crippen LogP contribution in [0.2, 0.25) is 0 Å². The number of aliphatic hydroxyl groups is 3. The van der Waals surface area contributed by atoms with Gasteiger partial charge in [-0.25, -0.2) is 4.79 Å². The predicted octanol–water partition coefficient (Wildman–Crippen LogP) is 4.57. The minimum atomic E-state index is -1.83. The Bertz CT molecular complexity index is 315. The minimum Gasteiger partial charge on any atom is -0.450 e. The summed E-state index contributed by atoms with van der Waals surface area (Å²) >= 11 is 0. The van der Waals surface area contributed by atoms with Gasteiger partial charge in [0.15, 0.2) is 0 Å². The third-order valence-electron chi connectivity index (χ3n) is 4.14. The van der Waals surface area contributed by atoms with Crippen molar-refractivity contribution in [3.05, 3.63) is 12.2 Å². The Morgan fingerprint density at radius 3 is 1.65 bits per heavy atom.